The molecule has 0 radical (unpaired) electrons. The molecule has 0 heterocycles. The van der Waals surface area contributed by atoms with Crippen LogP contribution in [0.5, 0.6) is 0 Å². The molecule has 18 heavy (non-hydrogen) atoms. The molecule has 1 N–H and O–H groups in total. The maximum absolute atomic E-state index is 13.1. The number of benzene rings is 1. The smallest absolute Gasteiger partial charge is 0.123 e. The Labute approximate surface area is 109 Å². The minimum atomic E-state index is -0.616. The molecule has 1 rings (SSSR count). The minimum Gasteiger partial charge on any atom is -0.390 e. The molecule has 0 saturated heterocycles. The second-order valence-corrected chi connectivity index (χ2v) is 4.55. The Morgan fingerprint density at radius 3 is 2.44 bits per heavy atom. The summed E-state index contributed by atoms with van der Waals surface area (Å²) in [5, 5.41) is 10.4. The lowest BCUT2D eigenvalue weighted by atomic mass is 9.86. The van der Waals surface area contributed by atoms with Crippen molar-refractivity contribution in [2.45, 2.75) is 51.7 Å². The van der Waals surface area contributed by atoms with Gasteiger partial charge in [-0.3, -0.25) is 0 Å². The van der Waals surface area contributed by atoms with Gasteiger partial charge in [-0.25, -0.2) is 4.39 Å². The number of rotatable bonds is 7. The first-order valence-electron chi connectivity index (χ1n) is 6.64. The maximum Gasteiger partial charge on any atom is 0.123 e. The van der Waals surface area contributed by atoms with Crippen molar-refractivity contribution in [2.24, 2.45) is 0 Å². The van der Waals surface area contributed by atoms with E-state index in [4.69, 9.17) is 4.74 Å². The van der Waals surface area contributed by atoms with Crippen LogP contribution in [-0.2, 0) is 11.2 Å². The van der Waals surface area contributed by atoms with Gasteiger partial charge in [0.25, 0.3) is 0 Å². The van der Waals surface area contributed by atoms with Crippen LogP contribution in [0.2, 0.25) is 0 Å². The number of hydrogen-bond donors (Lipinski definition) is 1. The predicted octanol–water partition coefficient (Wildman–Crippen LogP) is 3.32. The molecule has 0 saturated carbocycles. The molecular weight excluding hydrogens is 231 g/mol. The van der Waals surface area contributed by atoms with Gasteiger partial charge in [0, 0.05) is 13.0 Å². The van der Waals surface area contributed by atoms with Gasteiger partial charge in [0.15, 0.2) is 0 Å². The Hall–Kier alpha value is -0.930. The highest BCUT2D eigenvalue weighted by atomic mass is 19.1. The molecule has 2 nitrogen and oxygen atoms in total. The van der Waals surface area contributed by atoms with E-state index < -0.39 is 11.7 Å². The zero-order valence-electron chi connectivity index (χ0n) is 11.4. The zero-order valence-corrected chi connectivity index (χ0v) is 11.4. The SMILES string of the molecule is CCOC(CC)(CC)C(O)Cc1cccc(F)c1. The van der Waals surface area contributed by atoms with Crippen molar-refractivity contribution >= 4 is 0 Å². The normalized spacial score (nSPS) is 13.6. The van der Waals surface area contributed by atoms with Crippen LogP contribution in [0.4, 0.5) is 4.39 Å². The van der Waals surface area contributed by atoms with Gasteiger partial charge in [0.2, 0.25) is 0 Å². The molecule has 0 spiro atoms. The molecule has 1 unspecified atom stereocenters. The molecule has 1 atom stereocenters. The molecule has 0 fully saturated rings. The summed E-state index contributed by atoms with van der Waals surface area (Å²) in [6.45, 7) is 6.51. The molecule has 0 amide bonds. The van der Waals surface area contributed by atoms with Crippen LogP contribution in [-0.4, -0.2) is 23.4 Å². The van der Waals surface area contributed by atoms with Gasteiger partial charge in [0.1, 0.15) is 5.82 Å². The average molecular weight is 254 g/mol. The van der Waals surface area contributed by atoms with Gasteiger partial charge in [0.05, 0.1) is 11.7 Å². The number of aliphatic hydroxyl groups is 1. The molecule has 1 aromatic carbocycles. The summed E-state index contributed by atoms with van der Waals surface area (Å²) in [7, 11) is 0. The third kappa shape index (κ3) is 3.53. The summed E-state index contributed by atoms with van der Waals surface area (Å²) in [5.74, 6) is -0.269. The van der Waals surface area contributed by atoms with E-state index >= 15 is 0 Å². The van der Waals surface area contributed by atoms with E-state index in [1.54, 1.807) is 6.07 Å². The van der Waals surface area contributed by atoms with Crippen molar-refractivity contribution < 1.29 is 14.2 Å². The van der Waals surface area contributed by atoms with Crippen LogP contribution >= 0.6 is 0 Å². The van der Waals surface area contributed by atoms with Gasteiger partial charge in [-0.2, -0.15) is 0 Å². The lowest BCUT2D eigenvalue weighted by molar-refractivity contribution is -0.124. The zero-order chi connectivity index (χ0) is 13.6. The third-order valence-electron chi connectivity index (χ3n) is 3.55. The molecule has 0 aliphatic rings. The number of halogens is 1. The summed E-state index contributed by atoms with van der Waals surface area (Å²) in [6.07, 6.45) is 1.29. The largest absolute Gasteiger partial charge is 0.390 e. The van der Waals surface area contributed by atoms with Gasteiger partial charge in [-0.05, 0) is 37.5 Å². The Kier molecular flexibility index (Phi) is 5.76. The first-order valence-corrected chi connectivity index (χ1v) is 6.64. The van der Waals surface area contributed by atoms with Gasteiger partial charge >= 0.3 is 0 Å². The number of aliphatic hydroxyl groups excluding tert-OH is 1. The second kappa shape index (κ2) is 6.86. The van der Waals surface area contributed by atoms with E-state index in [1.165, 1.54) is 12.1 Å². The standard InChI is InChI=1S/C15H23FO2/c1-4-15(5-2,18-6-3)14(17)11-12-8-7-9-13(16)10-12/h7-10,14,17H,4-6,11H2,1-3H3. The lowest BCUT2D eigenvalue weighted by Crippen LogP contribution is -2.45. The molecule has 0 aromatic heterocycles. The van der Waals surface area contributed by atoms with E-state index in [2.05, 4.69) is 0 Å². The second-order valence-electron chi connectivity index (χ2n) is 4.55. The molecule has 3 heteroatoms. The fraction of sp³-hybridized carbons (Fsp3) is 0.600. The van der Waals surface area contributed by atoms with Crippen molar-refractivity contribution in [3.8, 4) is 0 Å². The lowest BCUT2D eigenvalue weighted by Gasteiger charge is -2.36. The van der Waals surface area contributed by atoms with Crippen molar-refractivity contribution in [1.82, 2.24) is 0 Å². The van der Waals surface area contributed by atoms with E-state index in [1.807, 2.05) is 26.8 Å². The van der Waals surface area contributed by atoms with Crippen LogP contribution in [0.3, 0.4) is 0 Å². The topological polar surface area (TPSA) is 29.5 Å². The summed E-state index contributed by atoms with van der Waals surface area (Å²) < 4.78 is 18.9. The molecular formula is C15H23FO2. The number of ether oxygens (including phenoxy) is 1. The van der Waals surface area contributed by atoms with Crippen LogP contribution in [0.25, 0.3) is 0 Å². The average Bonchev–Trinajstić information content (AvgIpc) is 2.36. The highest BCUT2D eigenvalue weighted by Crippen LogP contribution is 2.27. The Morgan fingerprint density at radius 2 is 1.94 bits per heavy atom. The third-order valence-corrected chi connectivity index (χ3v) is 3.55. The Bertz CT molecular complexity index is 361. The van der Waals surface area contributed by atoms with Crippen LogP contribution in [0.1, 0.15) is 39.2 Å². The van der Waals surface area contributed by atoms with Crippen molar-refractivity contribution in [3.63, 3.8) is 0 Å². The minimum absolute atomic E-state index is 0.269. The summed E-state index contributed by atoms with van der Waals surface area (Å²) in [6, 6.07) is 6.36. The van der Waals surface area contributed by atoms with Crippen LogP contribution < -0.4 is 0 Å². The monoisotopic (exact) mass is 254 g/mol. The van der Waals surface area contributed by atoms with E-state index in [0.29, 0.717) is 13.0 Å². The fourth-order valence-electron chi connectivity index (χ4n) is 2.38. The Balaban J connectivity index is 2.81. The highest BCUT2D eigenvalue weighted by molar-refractivity contribution is 5.18. The van der Waals surface area contributed by atoms with Gasteiger partial charge < -0.3 is 9.84 Å². The van der Waals surface area contributed by atoms with Gasteiger partial charge in [-0.1, -0.05) is 26.0 Å². The molecule has 0 bridgehead atoms. The van der Waals surface area contributed by atoms with Crippen molar-refractivity contribution in [1.29, 1.82) is 0 Å². The van der Waals surface area contributed by atoms with Crippen LogP contribution in [0, 0.1) is 5.82 Å². The maximum atomic E-state index is 13.1. The first kappa shape index (κ1) is 15.1. The van der Waals surface area contributed by atoms with Crippen LogP contribution in [0.15, 0.2) is 24.3 Å². The van der Waals surface area contributed by atoms with Crippen molar-refractivity contribution in [3.05, 3.63) is 35.6 Å². The first-order chi connectivity index (χ1) is 8.57. The highest BCUT2D eigenvalue weighted by Gasteiger charge is 2.35. The molecule has 102 valence electrons. The van der Waals surface area contributed by atoms with E-state index in [0.717, 1.165) is 18.4 Å². The quantitative estimate of drug-likeness (QED) is 0.808. The summed E-state index contributed by atoms with van der Waals surface area (Å²) in [5.41, 5.74) is 0.273. The molecule has 0 aliphatic carbocycles. The summed E-state index contributed by atoms with van der Waals surface area (Å²) in [4.78, 5) is 0. The number of hydrogen-bond acceptors (Lipinski definition) is 2. The molecule has 1 aromatic rings. The van der Waals surface area contributed by atoms with E-state index in [9.17, 15) is 9.50 Å². The van der Waals surface area contributed by atoms with Crippen molar-refractivity contribution in [2.75, 3.05) is 6.61 Å². The Morgan fingerprint density at radius 1 is 1.28 bits per heavy atom. The van der Waals surface area contributed by atoms with Gasteiger partial charge in [-0.15, -0.1) is 0 Å². The fourth-order valence-corrected chi connectivity index (χ4v) is 2.38. The predicted molar refractivity (Wildman–Crippen MR) is 71.0 cm³/mol. The molecule has 0 aliphatic heterocycles. The van der Waals surface area contributed by atoms with E-state index in [-0.39, 0.29) is 5.82 Å². The summed E-state index contributed by atoms with van der Waals surface area (Å²) >= 11 is 0.